The highest BCUT2D eigenvalue weighted by Gasteiger charge is 2.25. The Kier molecular flexibility index (Phi) is 5.64. The van der Waals surface area contributed by atoms with Gasteiger partial charge in [0.1, 0.15) is 5.60 Å². The zero-order valence-electron chi connectivity index (χ0n) is 8.92. The molecule has 0 aliphatic carbocycles. The Labute approximate surface area is 90.2 Å². The molecule has 4 nitrogen and oxygen atoms in total. The van der Waals surface area contributed by atoms with Gasteiger partial charge in [0.2, 0.25) is 0 Å². The van der Waals surface area contributed by atoms with E-state index in [4.69, 9.17) is 22.7 Å². The maximum atomic E-state index is 11.4. The molecule has 0 atom stereocenters. The molecule has 0 saturated carbocycles. The lowest BCUT2D eigenvalue weighted by molar-refractivity contribution is -0.139. The molecule has 0 bridgehead atoms. The molecule has 0 spiro atoms. The van der Waals surface area contributed by atoms with E-state index in [2.05, 4.69) is 5.32 Å². The van der Waals surface area contributed by atoms with E-state index >= 15 is 0 Å². The smallest absolute Gasteiger partial charge is 0.251 e. The second kappa shape index (κ2) is 5.93. The number of carbonyl (C=O) groups excluding carboxylic acids is 1. The Hall–Kier alpha value is -0.680. The lowest BCUT2D eigenvalue weighted by atomic mass is 10.1. The van der Waals surface area contributed by atoms with E-state index < -0.39 is 5.60 Å². The zero-order chi connectivity index (χ0) is 11.2. The number of nitrogens with two attached hydrogens (primary N) is 1. The first-order valence-electron chi connectivity index (χ1n) is 4.52. The van der Waals surface area contributed by atoms with Crippen LogP contribution in [0.3, 0.4) is 0 Å². The normalized spacial score (nSPS) is 11.1. The fourth-order valence-corrected chi connectivity index (χ4v) is 0.914. The van der Waals surface area contributed by atoms with Crippen LogP contribution in [0.15, 0.2) is 0 Å². The standard InChI is InChI=1S/C9H18N2O2S/c1-9(2,13-3)8(12)11-6-4-5-7(10)14/h4-6H2,1-3H3,(H2,10,14)(H,11,12). The molecule has 5 heteroatoms. The summed E-state index contributed by atoms with van der Waals surface area (Å²) in [5.74, 6) is -0.122. The van der Waals surface area contributed by atoms with E-state index in [0.29, 0.717) is 18.0 Å². The summed E-state index contributed by atoms with van der Waals surface area (Å²) in [6.07, 6.45) is 1.42. The molecule has 0 fully saturated rings. The molecular formula is C9H18N2O2S. The van der Waals surface area contributed by atoms with E-state index in [0.717, 1.165) is 6.42 Å². The number of thiocarbonyl (C=S) groups is 1. The third-order valence-corrected chi connectivity index (χ3v) is 2.15. The van der Waals surface area contributed by atoms with Crippen LogP contribution in [0.4, 0.5) is 0 Å². The van der Waals surface area contributed by atoms with Gasteiger partial charge in [0.05, 0.1) is 4.99 Å². The second-order valence-corrected chi connectivity index (χ2v) is 4.06. The minimum Gasteiger partial charge on any atom is -0.393 e. The molecule has 0 saturated heterocycles. The highest BCUT2D eigenvalue weighted by molar-refractivity contribution is 7.80. The molecule has 0 aliphatic rings. The first kappa shape index (κ1) is 13.3. The maximum Gasteiger partial charge on any atom is 0.251 e. The Morgan fingerprint density at radius 2 is 2.14 bits per heavy atom. The van der Waals surface area contributed by atoms with Gasteiger partial charge in [-0.3, -0.25) is 4.79 Å². The number of amides is 1. The van der Waals surface area contributed by atoms with Crippen LogP contribution in [0.5, 0.6) is 0 Å². The quantitative estimate of drug-likeness (QED) is 0.506. The van der Waals surface area contributed by atoms with Gasteiger partial charge in [-0.15, -0.1) is 0 Å². The Bertz CT molecular complexity index is 217. The molecule has 3 N–H and O–H groups in total. The van der Waals surface area contributed by atoms with E-state index in [-0.39, 0.29) is 5.91 Å². The van der Waals surface area contributed by atoms with E-state index in [9.17, 15) is 4.79 Å². The van der Waals surface area contributed by atoms with Crippen LogP contribution in [0.1, 0.15) is 26.7 Å². The largest absolute Gasteiger partial charge is 0.393 e. The maximum absolute atomic E-state index is 11.4. The summed E-state index contributed by atoms with van der Waals surface area (Å²) in [5, 5.41) is 2.75. The molecule has 0 unspecified atom stereocenters. The Morgan fingerprint density at radius 3 is 2.57 bits per heavy atom. The molecule has 1 amide bonds. The van der Waals surface area contributed by atoms with Crippen LogP contribution in [-0.4, -0.2) is 30.2 Å². The van der Waals surface area contributed by atoms with Crippen LogP contribution >= 0.6 is 12.2 Å². The van der Waals surface area contributed by atoms with Crippen LogP contribution in [-0.2, 0) is 9.53 Å². The lowest BCUT2D eigenvalue weighted by Crippen LogP contribution is -2.43. The van der Waals surface area contributed by atoms with Gasteiger partial charge in [-0.2, -0.15) is 0 Å². The second-order valence-electron chi connectivity index (χ2n) is 3.54. The average molecular weight is 218 g/mol. The van der Waals surface area contributed by atoms with Crippen molar-refractivity contribution < 1.29 is 9.53 Å². The van der Waals surface area contributed by atoms with Crippen molar-refractivity contribution in [3.8, 4) is 0 Å². The van der Waals surface area contributed by atoms with E-state index in [1.165, 1.54) is 7.11 Å². The third kappa shape index (κ3) is 5.14. The molecule has 82 valence electrons. The Morgan fingerprint density at radius 1 is 1.57 bits per heavy atom. The van der Waals surface area contributed by atoms with Crippen LogP contribution < -0.4 is 11.1 Å². The summed E-state index contributed by atoms with van der Waals surface area (Å²) in [6.45, 7) is 4.01. The van der Waals surface area contributed by atoms with Crippen molar-refractivity contribution in [1.82, 2.24) is 5.32 Å². The average Bonchev–Trinajstić information content (AvgIpc) is 2.11. The van der Waals surface area contributed by atoms with Crippen LogP contribution in [0.2, 0.25) is 0 Å². The molecule has 14 heavy (non-hydrogen) atoms. The fourth-order valence-electron chi connectivity index (χ4n) is 0.770. The minimum absolute atomic E-state index is 0.122. The summed E-state index contributed by atoms with van der Waals surface area (Å²) in [7, 11) is 1.51. The number of hydrogen-bond acceptors (Lipinski definition) is 3. The first-order valence-corrected chi connectivity index (χ1v) is 4.92. The molecule has 0 rings (SSSR count). The predicted molar refractivity (Wildman–Crippen MR) is 60.1 cm³/mol. The molecule has 0 aliphatic heterocycles. The lowest BCUT2D eigenvalue weighted by Gasteiger charge is -2.21. The number of methoxy groups -OCH3 is 1. The van der Waals surface area contributed by atoms with Gasteiger partial charge in [0, 0.05) is 13.7 Å². The molecule has 0 aromatic carbocycles. The number of rotatable bonds is 6. The number of hydrogen-bond donors (Lipinski definition) is 2. The monoisotopic (exact) mass is 218 g/mol. The molecule has 0 heterocycles. The summed E-state index contributed by atoms with van der Waals surface area (Å²) in [5.41, 5.74) is 4.54. The zero-order valence-corrected chi connectivity index (χ0v) is 9.74. The summed E-state index contributed by atoms with van der Waals surface area (Å²) in [6, 6.07) is 0. The first-order chi connectivity index (χ1) is 6.40. The highest BCUT2D eigenvalue weighted by Crippen LogP contribution is 2.06. The van der Waals surface area contributed by atoms with E-state index in [1.54, 1.807) is 13.8 Å². The van der Waals surface area contributed by atoms with Gasteiger partial charge in [-0.05, 0) is 26.7 Å². The van der Waals surface area contributed by atoms with Crippen molar-refractivity contribution in [3.63, 3.8) is 0 Å². The predicted octanol–water partition coefficient (Wildman–Crippen LogP) is 0.594. The van der Waals surface area contributed by atoms with E-state index in [1.807, 2.05) is 0 Å². The van der Waals surface area contributed by atoms with Crippen molar-refractivity contribution in [2.75, 3.05) is 13.7 Å². The SMILES string of the molecule is COC(C)(C)C(=O)NCCCC(N)=S. The topological polar surface area (TPSA) is 64.3 Å². The summed E-state index contributed by atoms with van der Waals surface area (Å²) in [4.78, 5) is 11.9. The molecule has 0 aromatic rings. The van der Waals surface area contributed by atoms with Gasteiger partial charge in [-0.25, -0.2) is 0 Å². The number of nitrogens with one attached hydrogen (secondary N) is 1. The third-order valence-electron chi connectivity index (χ3n) is 1.94. The van der Waals surface area contributed by atoms with Crippen LogP contribution in [0, 0.1) is 0 Å². The molecule has 0 radical (unpaired) electrons. The summed E-state index contributed by atoms with van der Waals surface area (Å²) < 4.78 is 5.02. The van der Waals surface area contributed by atoms with Gasteiger partial charge >= 0.3 is 0 Å². The summed E-state index contributed by atoms with van der Waals surface area (Å²) >= 11 is 4.71. The van der Waals surface area contributed by atoms with Crippen LogP contribution in [0.25, 0.3) is 0 Å². The van der Waals surface area contributed by atoms with Gasteiger partial charge in [0.25, 0.3) is 5.91 Å². The van der Waals surface area contributed by atoms with Gasteiger partial charge in [-0.1, -0.05) is 12.2 Å². The Balaban J connectivity index is 3.70. The molecule has 0 aromatic heterocycles. The molecular weight excluding hydrogens is 200 g/mol. The fraction of sp³-hybridized carbons (Fsp3) is 0.778. The van der Waals surface area contributed by atoms with Gasteiger partial charge < -0.3 is 15.8 Å². The number of carbonyl (C=O) groups is 1. The van der Waals surface area contributed by atoms with Crippen molar-refractivity contribution >= 4 is 23.1 Å². The van der Waals surface area contributed by atoms with Crippen molar-refractivity contribution in [2.24, 2.45) is 5.73 Å². The van der Waals surface area contributed by atoms with Crippen molar-refractivity contribution in [3.05, 3.63) is 0 Å². The van der Waals surface area contributed by atoms with Crippen molar-refractivity contribution in [1.29, 1.82) is 0 Å². The number of ether oxygens (including phenoxy) is 1. The minimum atomic E-state index is -0.775. The van der Waals surface area contributed by atoms with Crippen molar-refractivity contribution in [2.45, 2.75) is 32.3 Å². The highest BCUT2D eigenvalue weighted by atomic mass is 32.1. The van der Waals surface area contributed by atoms with Gasteiger partial charge in [0.15, 0.2) is 0 Å².